The predicted octanol–water partition coefficient (Wildman–Crippen LogP) is 6.00. The maximum absolute atomic E-state index is 11.8. The van der Waals surface area contributed by atoms with Crippen molar-refractivity contribution in [3.8, 4) is 17.6 Å². The fraction of sp³-hybridized carbons (Fsp3) is 0.360. The van der Waals surface area contributed by atoms with Crippen LogP contribution >= 0.6 is 0 Å². The zero-order chi connectivity index (χ0) is 23.8. The number of hydrogen-bond acceptors (Lipinski definition) is 6. The number of nitro benzene ring substituents is 1. The van der Waals surface area contributed by atoms with Crippen LogP contribution in [0.25, 0.3) is 22.7 Å². The Bertz CT molecular complexity index is 1210. The lowest BCUT2D eigenvalue weighted by molar-refractivity contribution is -0.386. The van der Waals surface area contributed by atoms with Gasteiger partial charge in [-0.2, -0.15) is 5.26 Å². The lowest BCUT2D eigenvalue weighted by Gasteiger charge is -2.12. The van der Waals surface area contributed by atoms with Gasteiger partial charge in [-0.05, 0) is 43.2 Å². The Kier molecular flexibility index (Phi) is 8.03. The molecule has 0 fully saturated rings. The number of ether oxygens (including phenoxy) is 2. The summed E-state index contributed by atoms with van der Waals surface area (Å²) in [5, 5.41) is 21.7. The first-order valence-corrected chi connectivity index (χ1v) is 11.1. The number of nitro groups is 1. The first-order valence-electron chi connectivity index (χ1n) is 11.1. The number of unbranched alkanes of at least 4 members (excludes halogenated alkanes) is 3. The largest absolute Gasteiger partial charge is 0.493 e. The van der Waals surface area contributed by atoms with Gasteiger partial charge in [0.05, 0.1) is 35.2 Å². The van der Waals surface area contributed by atoms with E-state index in [1.807, 2.05) is 35.8 Å². The summed E-state index contributed by atoms with van der Waals surface area (Å²) in [7, 11) is 1.44. The highest BCUT2D eigenvalue weighted by Crippen LogP contribution is 2.39. The molecule has 0 saturated carbocycles. The summed E-state index contributed by atoms with van der Waals surface area (Å²) >= 11 is 0. The van der Waals surface area contributed by atoms with E-state index in [0.29, 0.717) is 30.1 Å². The Morgan fingerprint density at radius 2 is 2.03 bits per heavy atom. The lowest BCUT2D eigenvalue weighted by atomic mass is 10.1. The Morgan fingerprint density at radius 1 is 1.24 bits per heavy atom. The molecule has 0 N–H and O–H groups in total. The molecule has 2 aromatic carbocycles. The smallest absolute Gasteiger partial charge is 0.315 e. The zero-order valence-electron chi connectivity index (χ0n) is 19.2. The van der Waals surface area contributed by atoms with Crippen molar-refractivity contribution in [1.29, 1.82) is 5.26 Å². The number of methoxy groups -OCH3 is 1. The number of imidazole rings is 1. The van der Waals surface area contributed by atoms with E-state index in [1.54, 1.807) is 12.1 Å². The third kappa shape index (κ3) is 5.32. The van der Waals surface area contributed by atoms with Crippen LogP contribution in [0.1, 0.15) is 50.9 Å². The average molecular weight is 449 g/mol. The molecule has 33 heavy (non-hydrogen) atoms. The minimum atomic E-state index is -0.491. The normalized spacial score (nSPS) is 11.4. The van der Waals surface area contributed by atoms with Gasteiger partial charge in [0.25, 0.3) is 0 Å². The predicted molar refractivity (Wildman–Crippen MR) is 128 cm³/mol. The van der Waals surface area contributed by atoms with Crippen molar-refractivity contribution in [2.75, 3.05) is 13.7 Å². The number of allylic oxidation sites excluding steroid dienone is 1. The molecule has 8 nitrogen and oxygen atoms in total. The highest BCUT2D eigenvalue weighted by Gasteiger charge is 2.23. The van der Waals surface area contributed by atoms with Gasteiger partial charge in [0.15, 0.2) is 11.6 Å². The standard InChI is InChI=1S/C25H28N4O4/c1-4-6-7-10-13-33-24-22(29(30)31)15-18(16-23(24)32-3)14-19(17-26)25-27-20-11-8-9-12-21(20)28(25)5-2/h8-9,11-12,14-16H,4-7,10,13H2,1-3H3/b19-14-. The Balaban J connectivity index is 2.02. The molecule has 0 radical (unpaired) electrons. The van der Waals surface area contributed by atoms with E-state index in [-0.39, 0.29) is 17.2 Å². The highest BCUT2D eigenvalue weighted by molar-refractivity contribution is 5.91. The van der Waals surface area contributed by atoms with Crippen LogP contribution in [0.3, 0.4) is 0 Å². The molecular weight excluding hydrogens is 420 g/mol. The van der Waals surface area contributed by atoms with Crippen LogP contribution in [0.2, 0.25) is 0 Å². The molecule has 8 heteroatoms. The number of para-hydroxylation sites is 2. The van der Waals surface area contributed by atoms with E-state index in [1.165, 1.54) is 13.2 Å². The van der Waals surface area contributed by atoms with Crippen molar-refractivity contribution in [1.82, 2.24) is 9.55 Å². The maximum Gasteiger partial charge on any atom is 0.315 e. The molecular formula is C25H28N4O4. The molecule has 1 heterocycles. The summed E-state index contributed by atoms with van der Waals surface area (Å²) in [5.41, 5.74) is 2.27. The number of rotatable bonds is 11. The number of nitrogens with zero attached hydrogens (tertiary/aromatic N) is 4. The summed E-state index contributed by atoms with van der Waals surface area (Å²) in [6.45, 7) is 5.10. The van der Waals surface area contributed by atoms with Crippen LogP contribution in [0.15, 0.2) is 36.4 Å². The SMILES string of the molecule is CCCCCCOc1c(OC)cc(/C=C(/C#N)c2nc3ccccc3n2CC)cc1[N+](=O)[O-]. The molecule has 0 bridgehead atoms. The van der Waals surface area contributed by atoms with Gasteiger partial charge < -0.3 is 14.0 Å². The van der Waals surface area contributed by atoms with Crippen LogP contribution in [-0.4, -0.2) is 28.2 Å². The van der Waals surface area contributed by atoms with Gasteiger partial charge in [0.1, 0.15) is 6.07 Å². The van der Waals surface area contributed by atoms with E-state index in [0.717, 1.165) is 36.7 Å². The van der Waals surface area contributed by atoms with Crippen molar-refractivity contribution in [3.05, 3.63) is 57.9 Å². The molecule has 3 aromatic rings. The molecule has 0 spiro atoms. The van der Waals surface area contributed by atoms with E-state index in [2.05, 4.69) is 18.0 Å². The van der Waals surface area contributed by atoms with E-state index >= 15 is 0 Å². The van der Waals surface area contributed by atoms with Crippen molar-refractivity contribution in [2.45, 2.75) is 46.1 Å². The van der Waals surface area contributed by atoms with Gasteiger partial charge >= 0.3 is 5.69 Å². The van der Waals surface area contributed by atoms with E-state index < -0.39 is 4.92 Å². The third-order valence-electron chi connectivity index (χ3n) is 5.36. The van der Waals surface area contributed by atoms with Crippen LogP contribution < -0.4 is 9.47 Å². The minimum Gasteiger partial charge on any atom is -0.493 e. The molecule has 3 rings (SSSR count). The van der Waals surface area contributed by atoms with Crippen LogP contribution in [-0.2, 0) is 6.54 Å². The van der Waals surface area contributed by atoms with Gasteiger partial charge in [-0.1, -0.05) is 38.3 Å². The van der Waals surface area contributed by atoms with Crippen LogP contribution in [0.5, 0.6) is 11.5 Å². The molecule has 1 aromatic heterocycles. The molecule has 0 atom stereocenters. The Hall–Kier alpha value is -3.86. The Labute approximate surface area is 193 Å². The number of benzene rings is 2. The fourth-order valence-corrected chi connectivity index (χ4v) is 3.74. The summed E-state index contributed by atoms with van der Waals surface area (Å²) < 4.78 is 13.1. The van der Waals surface area contributed by atoms with Crippen molar-refractivity contribution < 1.29 is 14.4 Å². The second-order valence-electron chi connectivity index (χ2n) is 7.58. The van der Waals surface area contributed by atoms with Gasteiger partial charge in [-0.3, -0.25) is 10.1 Å². The van der Waals surface area contributed by atoms with Crippen molar-refractivity contribution >= 4 is 28.4 Å². The summed E-state index contributed by atoms with van der Waals surface area (Å²) in [5.74, 6) is 0.877. The van der Waals surface area contributed by atoms with Crippen LogP contribution in [0, 0.1) is 21.4 Å². The summed E-state index contributed by atoms with van der Waals surface area (Å²) in [6, 6.07) is 12.9. The van der Waals surface area contributed by atoms with Crippen molar-refractivity contribution in [3.63, 3.8) is 0 Å². The minimum absolute atomic E-state index is 0.107. The number of hydrogen-bond donors (Lipinski definition) is 0. The number of fused-ring (bicyclic) bond motifs is 1. The first-order chi connectivity index (χ1) is 16.0. The molecule has 0 aliphatic carbocycles. The molecule has 0 saturated heterocycles. The van der Waals surface area contributed by atoms with Gasteiger partial charge in [-0.25, -0.2) is 4.98 Å². The monoisotopic (exact) mass is 448 g/mol. The third-order valence-corrected chi connectivity index (χ3v) is 5.36. The molecule has 0 amide bonds. The number of nitriles is 1. The van der Waals surface area contributed by atoms with Gasteiger partial charge in [-0.15, -0.1) is 0 Å². The molecule has 0 unspecified atom stereocenters. The molecule has 0 aliphatic rings. The quantitative estimate of drug-likeness (QED) is 0.154. The highest BCUT2D eigenvalue weighted by atomic mass is 16.6. The summed E-state index contributed by atoms with van der Waals surface area (Å²) in [4.78, 5) is 15.9. The van der Waals surface area contributed by atoms with E-state index in [9.17, 15) is 15.4 Å². The summed E-state index contributed by atoms with van der Waals surface area (Å²) in [6.07, 6.45) is 5.58. The first kappa shape index (κ1) is 23.8. The second-order valence-corrected chi connectivity index (χ2v) is 7.58. The van der Waals surface area contributed by atoms with Crippen molar-refractivity contribution in [2.24, 2.45) is 0 Å². The molecule has 172 valence electrons. The lowest BCUT2D eigenvalue weighted by Crippen LogP contribution is -2.04. The number of aromatic nitrogens is 2. The second kappa shape index (κ2) is 11.1. The van der Waals surface area contributed by atoms with Gasteiger partial charge in [0.2, 0.25) is 5.75 Å². The van der Waals surface area contributed by atoms with Crippen LogP contribution in [0.4, 0.5) is 5.69 Å². The number of aryl methyl sites for hydroxylation is 1. The van der Waals surface area contributed by atoms with Gasteiger partial charge in [0, 0.05) is 12.6 Å². The molecule has 0 aliphatic heterocycles. The zero-order valence-corrected chi connectivity index (χ0v) is 19.2. The van der Waals surface area contributed by atoms with E-state index in [4.69, 9.17) is 9.47 Å². The fourth-order valence-electron chi connectivity index (χ4n) is 3.74. The topological polar surface area (TPSA) is 103 Å². The average Bonchev–Trinajstić information content (AvgIpc) is 3.20. The Morgan fingerprint density at radius 3 is 2.70 bits per heavy atom. The maximum atomic E-state index is 11.8.